The molecule has 0 radical (unpaired) electrons. The molecule has 1 aromatic carbocycles. The standard InChI is InChI=1S/C14H21NO2S/c1-11(8-9-18-3)15(2)10-12-6-4-5-7-13(12)14(16)17/h4-7,11H,8-10H2,1-3H3,(H,16,17). The summed E-state index contributed by atoms with van der Waals surface area (Å²) in [6.07, 6.45) is 3.22. The average molecular weight is 267 g/mol. The Hall–Kier alpha value is -1.00. The van der Waals surface area contributed by atoms with Crippen LogP contribution in [0.15, 0.2) is 24.3 Å². The Bertz CT molecular complexity index is 395. The summed E-state index contributed by atoms with van der Waals surface area (Å²) < 4.78 is 0. The summed E-state index contributed by atoms with van der Waals surface area (Å²) in [6.45, 7) is 2.86. The first-order valence-corrected chi connectivity index (χ1v) is 7.46. The third kappa shape index (κ3) is 4.35. The Balaban J connectivity index is 2.69. The van der Waals surface area contributed by atoms with Crippen molar-refractivity contribution in [3.63, 3.8) is 0 Å². The van der Waals surface area contributed by atoms with E-state index in [9.17, 15) is 4.79 Å². The molecule has 100 valence electrons. The minimum atomic E-state index is -0.851. The maximum atomic E-state index is 11.1. The third-order valence-electron chi connectivity index (χ3n) is 3.16. The lowest BCUT2D eigenvalue weighted by Gasteiger charge is -2.25. The Morgan fingerprint density at radius 1 is 1.44 bits per heavy atom. The summed E-state index contributed by atoms with van der Waals surface area (Å²) in [5.41, 5.74) is 1.28. The summed E-state index contributed by atoms with van der Waals surface area (Å²) in [7, 11) is 2.05. The molecule has 0 amide bonds. The van der Waals surface area contributed by atoms with Gasteiger partial charge in [-0.3, -0.25) is 4.90 Å². The van der Waals surface area contributed by atoms with Gasteiger partial charge in [-0.15, -0.1) is 0 Å². The lowest BCUT2D eigenvalue weighted by atomic mass is 10.1. The summed E-state index contributed by atoms with van der Waals surface area (Å²) in [4.78, 5) is 13.3. The van der Waals surface area contributed by atoms with Crippen molar-refractivity contribution in [1.82, 2.24) is 4.90 Å². The van der Waals surface area contributed by atoms with Crippen molar-refractivity contribution < 1.29 is 9.90 Å². The molecule has 0 heterocycles. The molecule has 4 heteroatoms. The second-order valence-electron chi connectivity index (χ2n) is 4.51. The molecule has 0 saturated heterocycles. The molecule has 3 nitrogen and oxygen atoms in total. The zero-order valence-corrected chi connectivity index (χ0v) is 12.0. The van der Waals surface area contributed by atoms with Gasteiger partial charge in [0.25, 0.3) is 0 Å². The van der Waals surface area contributed by atoms with Gasteiger partial charge in [0.2, 0.25) is 0 Å². The number of carboxylic acids is 1. The van der Waals surface area contributed by atoms with Gasteiger partial charge in [0.05, 0.1) is 5.56 Å². The predicted octanol–water partition coefficient (Wildman–Crippen LogP) is 2.96. The van der Waals surface area contributed by atoms with Crippen LogP contribution in [-0.2, 0) is 6.54 Å². The molecule has 0 saturated carbocycles. The minimum Gasteiger partial charge on any atom is -0.478 e. The van der Waals surface area contributed by atoms with E-state index in [4.69, 9.17) is 5.11 Å². The maximum Gasteiger partial charge on any atom is 0.336 e. The van der Waals surface area contributed by atoms with E-state index in [0.717, 1.165) is 17.7 Å². The first kappa shape index (κ1) is 15.1. The number of carbonyl (C=O) groups is 1. The third-order valence-corrected chi connectivity index (χ3v) is 3.80. The number of nitrogens with zero attached hydrogens (tertiary/aromatic N) is 1. The lowest BCUT2D eigenvalue weighted by Crippen LogP contribution is -2.29. The Labute approximate surface area is 113 Å². The predicted molar refractivity (Wildman–Crippen MR) is 77.3 cm³/mol. The van der Waals surface area contributed by atoms with E-state index < -0.39 is 5.97 Å². The highest BCUT2D eigenvalue weighted by atomic mass is 32.2. The van der Waals surface area contributed by atoms with Gasteiger partial charge in [-0.2, -0.15) is 11.8 Å². The minimum absolute atomic E-state index is 0.404. The summed E-state index contributed by atoms with van der Waals surface area (Å²) >= 11 is 1.84. The van der Waals surface area contributed by atoms with Crippen molar-refractivity contribution in [2.75, 3.05) is 19.1 Å². The first-order chi connectivity index (χ1) is 8.56. The fraction of sp³-hybridized carbons (Fsp3) is 0.500. The van der Waals surface area contributed by atoms with Crippen molar-refractivity contribution >= 4 is 17.7 Å². The van der Waals surface area contributed by atoms with E-state index >= 15 is 0 Å². The Kier molecular flexibility index (Phi) is 6.22. The molecule has 0 aliphatic heterocycles. The van der Waals surface area contributed by atoms with E-state index in [2.05, 4.69) is 18.1 Å². The van der Waals surface area contributed by atoms with E-state index in [1.807, 2.05) is 30.9 Å². The fourth-order valence-corrected chi connectivity index (χ4v) is 2.38. The van der Waals surface area contributed by atoms with Gasteiger partial charge in [0.1, 0.15) is 0 Å². The van der Waals surface area contributed by atoms with Crippen LogP contribution in [0.1, 0.15) is 29.3 Å². The van der Waals surface area contributed by atoms with Crippen LogP contribution >= 0.6 is 11.8 Å². The van der Waals surface area contributed by atoms with Crippen molar-refractivity contribution in [3.05, 3.63) is 35.4 Å². The monoisotopic (exact) mass is 267 g/mol. The van der Waals surface area contributed by atoms with E-state index in [-0.39, 0.29) is 0 Å². The zero-order chi connectivity index (χ0) is 13.5. The Morgan fingerprint density at radius 2 is 2.11 bits per heavy atom. The second-order valence-corrected chi connectivity index (χ2v) is 5.49. The van der Waals surface area contributed by atoms with Crippen LogP contribution in [-0.4, -0.2) is 41.1 Å². The molecule has 0 aromatic heterocycles. The molecule has 1 N–H and O–H groups in total. The van der Waals surface area contributed by atoms with Crippen molar-refractivity contribution in [2.45, 2.75) is 25.9 Å². The molecule has 1 aromatic rings. The van der Waals surface area contributed by atoms with Gasteiger partial charge < -0.3 is 5.11 Å². The summed E-state index contributed by atoms with van der Waals surface area (Å²) in [6, 6.07) is 7.67. The summed E-state index contributed by atoms with van der Waals surface area (Å²) in [5, 5.41) is 9.14. The number of benzene rings is 1. The highest BCUT2D eigenvalue weighted by Crippen LogP contribution is 2.14. The normalized spacial score (nSPS) is 12.7. The molecule has 0 fully saturated rings. The van der Waals surface area contributed by atoms with E-state index in [1.54, 1.807) is 12.1 Å². The van der Waals surface area contributed by atoms with Crippen molar-refractivity contribution in [1.29, 1.82) is 0 Å². The van der Waals surface area contributed by atoms with Crippen LogP contribution in [0.4, 0.5) is 0 Å². The van der Waals surface area contributed by atoms with Gasteiger partial charge in [0.15, 0.2) is 0 Å². The van der Waals surface area contributed by atoms with Crippen molar-refractivity contribution in [3.8, 4) is 0 Å². The van der Waals surface area contributed by atoms with Crippen LogP contribution < -0.4 is 0 Å². The molecule has 0 aliphatic rings. The van der Waals surface area contributed by atoms with Crippen LogP contribution in [0.5, 0.6) is 0 Å². The van der Waals surface area contributed by atoms with Crippen LogP contribution in [0.2, 0.25) is 0 Å². The van der Waals surface area contributed by atoms with Crippen LogP contribution in [0.25, 0.3) is 0 Å². The van der Waals surface area contributed by atoms with Gasteiger partial charge in [-0.05, 0) is 44.0 Å². The number of thioether (sulfide) groups is 1. The lowest BCUT2D eigenvalue weighted by molar-refractivity contribution is 0.0694. The molecule has 0 aliphatic carbocycles. The molecule has 1 unspecified atom stereocenters. The first-order valence-electron chi connectivity index (χ1n) is 6.06. The van der Waals surface area contributed by atoms with Gasteiger partial charge in [-0.25, -0.2) is 4.79 Å². The molecular formula is C14H21NO2S. The van der Waals surface area contributed by atoms with E-state index in [0.29, 0.717) is 18.2 Å². The Morgan fingerprint density at radius 3 is 2.72 bits per heavy atom. The molecule has 18 heavy (non-hydrogen) atoms. The van der Waals surface area contributed by atoms with Crippen molar-refractivity contribution in [2.24, 2.45) is 0 Å². The van der Waals surface area contributed by atoms with Gasteiger partial charge in [-0.1, -0.05) is 18.2 Å². The summed E-state index contributed by atoms with van der Waals surface area (Å²) in [5.74, 6) is 0.280. The van der Waals surface area contributed by atoms with E-state index in [1.165, 1.54) is 0 Å². The maximum absolute atomic E-state index is 11.1. The zero-order valence-electron chi connectivity index (χ0n) is 11.2. The van der Waals surface area contributed by atoms with Gasteiger partial charge in [0, 0.05) is 12.6 Å². The molecule has 1 rings (SSSR count). The molecule has 0 bridgehead atoms. The topological polar surface area (TPSA) is 40.5 Å². The fourth-order valence-electron chi connectivity index (χ4n) is 1.80. The van der Waals surface area contributed by atoms with Gasteiger partial charge >= 0.3 is 5.97 Å². The number of hydrogen-bond donors (Lipinski definition) is 1. The highest BCUT2D eigenvalue weighted by molar-refractivity contribution is 7.98. The second kappa shape index (κ2) is 7.44. The number of aromatic carboxylic acids is 1. The molecular weight excluding hydrogens is 246 g/mol. The average Bonchev–Trinajstić information content (AvgIpc) is 2.36. The van der Waals surface area contributed by atoms with Crippen LogP contribution in [0, 0.1) is 0 Å². The smallest absolute Gasteiger partial charge is 0.336 e. The number of hydrogen-bond acceptors (Lipinski definition) is 3. The highest BCUT2D eigenvalue weighted by Gasteiger charge is 2.14. The number of rotatable bonds is 7. The quantitative estimate of drug-likeness (QED) is 0.824. The molecule has 0 spiro atoms. The number of carboxylic acid groups (broad SMARTS) is 1. The molecule has 1 atom stereocenters. The van der Waals surface area contributed by atoms with Crippen LogP contribution in [0.3, 0.4) is 0 Å². The largest absolute Gasteiger partial charge is 0.478 e. The SMILES string of the molecule is CSCCC(C)N(C)Cc1ccccc1C(=O)O.